The van der Waals surface area contributed by atoms with Crippen molar-refractivity contribution in [2.75, 3.05) is 26.2 Å². The fourth-order valence-electron chi connectivity index (χ4n) is 7.66. The molecular formula is C35H43N3O4S. The van der Waals surface area contributed by atoms with Crippen molar-refractivity contribution < 1.29 is 19.5 Å². The van der Waals surface area contributed by atoms with E-state index in [0.717, 1.165) is 24.0 Å². The normalized spacial score (nSPS) is 27.9. The Morgan fingerprint density at radius 3 is 2.26 bits per heavy atom. The fraction of sp³-hybridized carbons (Fsp3) is 0.457. The Morgan fingerprint density at radius 1 is 1.02 bits per heavy atom. The number of benzene rings is 2. The Hall–Kier alpha value is -3.36. The van der Waals surface area contributed by atoms with Gasteiger partial charge in [-0.2, -0.15) is 0 Å². The number of rotatable bonds is 13. The topological polar surface area (TPSA) is 81.2 Å². The van der Waals surface area contributed by atoms with Crippen LogP contribution in [0.5, 0.6) is 0 Å². The monoisotopic (exact) mass is 601 g/mol. The summed E-state index contributed by atoms with van der Waals surface area (Å²) in [5.74, 6) is -1.67. The van der Waals surface area contributed by atoms with E-state index in [-0.39, 0.29) is 24.3 Å². The molecule has 7 nitrogen and oxygen atoms in total. The lowest BCUT2D eigenvalue weighted by atomic mass is 9.66. The van der Waals surface area contributed by atoms with Gasteiger partial charge in [0.05, 0.1) is 29.2 Å². The second kappa shape index (κ2) is 12.7. The van der Waals surface area contributed by atoms with E-state index in [9.17, 15) is 19.5 Å². The predicted octanol–water partition coefficient (Wildman–Crippen LogP) is 4.84. The summed E-state index contributed by atoms with van der Waals surface area (Å²) >= 11 is 1.66. The van der Waals surface area contributed by atoms with Crippen LogP contribution in [0.1, 0.15) is 50.3 Å². The number of carbonyl (C=O) groups excluding carboxylic acids is 3. The average Bonchev–Trinajstić information content (AvgIpc) is 3.58. The Labute approximate surface area is 259 Å². The molecule has 2 aromatic carbocycles. The lowest BCUT2D eigenvalue weighted by Gasteiger charge is -2.39. The van der Waals surface area contributed by atoms with Crippen LogP contribution in [0.15, 0.2) is 86.0 Å². The molecule has 3 aliphatic heterocycles. The van der Waals surface area contributed by atoms with Crippen LogP contribution in [0.4, 0.5) is 0 Å². The highest BCUT2D eigenvalue weighted by molar-refractivity contribution is 8.02. The number of hydrogen-bond acceptors (Lipinski definition) is 5. The molecule has 0 aliphatic carbocycles. The van der Waals surface area contributed by atoms with Crippen LogP contribution in [0, 0.1) is 11.8 Å². The molecule has 0 radical (unpaired) electrons. The zero-order valence-corrected chi connectivity index (χ0v) is 26.0. The van der Waals surface area contributed by atoms with Crippen molar-refractivity contribution >= 4 is 29.5 Å². The number of thioether (sulfide) groups is 1. The number of amides is 3. The van der Waals surface area contributed by atoms with Gasteiger partial charge in [0.1, 0.15) is 6.04 Å². The van der Waals surface area contributed by atoms with Crippen LogP contribution in [0.2, 0.25) is 0 Å². The van der Waals surface area contributed by atoms with Gasteiger partial charge in [-0.25, -0.2) is 0 Å². The summed E-state index contributed by atoms with van der Waals surface area (Å²) in [5, 5.41) is 10.8. The fourth-order valence-corrected chi connectivity index (χ4v) is 9.99. The third kappa shape index (κ3) is 5.33. The van der Waals surface area contributed by atoms with Gasteiger partial charge >= 0.3 is 0 Å². The first-order chi connectivity index (χ1) is 20.8. The molecule has 0 saturated carbocycles. The molecule has 8 heteroatoms. The van der Waals surface area contributed by atoms with Crippen LogP contribution in [0.3, 0.4) is 0 Å². The predicted molar refractivity (Wildman–Crippen MR) is 171 cm³/mol. The molecule has 2 aromatic rings. The van der Waals surface area contributed by atoms with Crippen molar-refractivity contribution in [1.29, 1.82) is 0 Å². The van der Waals surface area contributed by atoms with Gasteiger partial charge in [-0.3, -0.25) is 14.4 Å². The van der Waals surface area contributed by atoms with Crippen molar-refractivity contribution in [2.45, 2.75) is 61.2 Å². The van der Waals surface area contributed by atoms with Gasteiger partial charge in [-0.05, 0) is 37.3 Å². The summed E-state index contributed by atoms with van der Waals surface area (Å²) in [4.78, 5) is 49.2. The van der Waals surface area contributed by atoms with E-state index in [1.807, 2.05) is 72.5 Å². The lowest BCUT2D eigenvalue weighted by Crippen LogP contribution is -2.55. The van der Waals surface area contributed by atoms with E-state index in [1.54, 1.807) is 33.7 Å². The summed E-state index contributed by atoms with van der Waals surface area (Å²) in [7, 11) is 0. The number of aliphatic hydroxyl groups is 1. The van der Waals surface area contributed by atoms with Crippen LogP contribution in [-0.2, 0) is 20.9 Å². The van der Waals surface area contributed by atoms with Crippen molar-refractivity contribution in [1.82, 2.24) is 14.7 Å². The van der Waals surface area contributed by atoms with Crippen molar-refractivity contribution in [2.24, 2.45) is 11.8 Å². The highest BCUT2D eigenvalue weighted by atomic mass is 32.2. The van der Waals surface area contributed by atoms with Crippen molar-refractivity contribution in [3.8, 4) is 0 Å². The van der Waals surface area contributed by atoms with Crippen molar-refractivity contribution in [3.05, 3.63) is 97.1 Å². The Bertz CT molecular complexity index is 1350. The maximum Gasteiger partial charge on any atom is 0.247 e. The third-order valence-electron chi connectivity index (χ3n) is 9.44. The minimum atomic E-state index is -0.838. The van der Waals surface area contributed by atoms with E-state index in [0.29, 0.717) is 32.6 Å². The minimum absolute atomic E-state index is 0.0442. The van der Waals surface area contributed by atoms with E-state index in [4.69, 9.17) is 0 Å². The Balaban J connectivity index is 1.63. The third-order valence-corrected chi connectivity index (χ3v) is 11.4. The smallest absolute Gasteiger partial charge is 0.247 e. The Morgan fingerprint density at radius 2 is 1.65 bits per heavy atom. The maximum absolute atomic E-state index is 14.9. The average molecular weight is 602 g/mol. The van der Waals surface area contributed by atoms with E-state index in [1.165, 1.54) is 0 Å². The quantitative estimate of drug-likeness (QED) is 0.333. The van der Waals surface area contributed by atoms with Crippen LogP contribution in [0.25, 0.3) is 0 Å². The molecule has 5 rings (SSSR count). The molecule has 3 heterocycles. The highest BCUT2D eigenvalue weighted by Crippen LogP contribution is 2.72. The van der Waals surface area contributed by atoms with E-state index >= 15 is 0 Å². The van der Waals surface area contributed by atoms with Gasteiger partial charge in [0.15, 0.2) is 0 Å². The van der Waals surface area contributed by atoms with Gasteiger partial charge in [0, 0.05) is 30.9 Å². The van der Waals surface area contributed by atoms with Crippen LogP contribution >= 0.6 is 11.8 Å². The molecule has 2 bridgehead atoms. The lowest BCUT2D eigenvalue weighted by molar-refractivity contribution is -0.148. The number of hydrogen-bond donors (Lipinski definition) is 1. The minimum Gasteiger partial charge on any atom is -0.394 e. The summed E-state index contributed by atoms with van der Waals surface area (Å²) < 4.78 is -1.26. The second-order valence-corrected chi connectivity index (χ2v) is 14.0. The molecule has 2 unspecified atom stereocenters. The second-order valence-electron chi connectivity index (χ2n) is 12.1. The first kappa shape index (κ1) is 31.1. The van der Waals surface area contributed by atoms with Gasteiger partial charge in [-0.15, -0.1) is 24.9 Å². The van der Waals surface area contributed by atoms with E-state index < -0.39 is 33.4 Å². The van der Waals surface area contributed by atoms with Gasteiger partial charge in [0.25, 0.3) is 0 Å². The van der Waals surface area contributed by atoms with Crippen molar-refractivity contribution in [3.63, 3.8) is 0 Å². The van der Waals surface area contributed by atoms with Gasteiger partial charge in [-0.1, -0.05) is 79.7 Å². The molecule has 228 valence electrons. The molecule has 3 aliphatic rings. The van der Waals surface area contributed by atoms with Crippen LogP contribution < -0.4 is 0 Å². The maximum atomic E-state index is 14.9. The number of fused-ring (bicyclic) bond motifs is 1. The molecule has 6 atom stereocenters. The van der Waals surface area contributed by atoms with Gasteiger partial charge < -0.3 is 19.8 Å². The molecule has 1 spiro atoms. The molecule has 43 heavy (non-hydrogen) atoms. The van der Waals surface area contributed by atoms with Gasteiger partial charge in [0.2, 0.25) is 17.7 Å². The molecule has 1 N–H and O–H groups in total. The molecule has 0 aromatic heterocycles. The summed E-state index contributed by atoms with van der Waals surface area (Å²) in [6, 6.07) is 17.6. The SMILES string of the molecule is C=CCN(Cc1ccccc1)C(=O)C1N([C@H](CO)c2ccccc2)C(=O)[C@@H]2[C@H](C(=O)N(CC=C)CCC)[C@]3(C)CCC12S3. The summed E-state index contributed by atoms with van der Waals surface area (Å²) in [6.45, 7) is 13.3. The zero-order chi connectivity index (χ0) is 30.8. The number of likely N-dealkylation sites (tertiary alicyclic amines) is 1. The molecule has 3 saturated heterocycles. The number of nitrogens with zero attached hydrogens (tertiary/aromatic N) is 3. The highest BCUT2D eigenvalue weighted by Gasteiger charge is 2.78. The zero-order valence-electron chi connectivity index (χ0n) is 25.2. The molecule has 3 fully saturated rings. The standard InChI is InChI=1S/C35H43N3O4S/c1-5-20-36(21-6-2)31(40)28-29-32(41)38(27(24-39)26-16-12-9-13-17-26)30(35(29)19-18-34(28,4)43-35)33(42)37(22-7-3)23-25-14-10-8-11-15-25/h5,7-17,27-30,39H,1,3,6,18-24H2,2,4H3/t27-,28-,29+,30?,34+,35?/m1/s1. The summed E-state index contributed by atoms with van der Waals surface area (Å²) in [6.07, 6.45) is 5.62. The Kier molecular flexibility index (Phi) is 9.18. The first-order valence-electron chi connectivity index (χ1n) is 15.3. The molecular weight excluding hydrogens is 558 g/mol. The molecule has 3 amide bonds. The van der Waals surface area contributed by atoms with Crippen LogP contribution in [-0.4, -0.2) is 79.3 Å². The number of carbonyl (C=O) groups is 3. The number of aliphatic hydroxyl groups excluding tert-OH is 1. The first-order valence-corrected chi connectivity index (χ1v) is 16.1. The largest absolute Gasteiger partial charge is 0.394 e. The van der Waals surface area contributed by atoms with E-state index in [2.05, 4.69) is 20.1 Å². The summed E-state index contributed by atoms with van der Waals surface area (Å²) in [5.41, 5.74) is 1.74.